The van der Waals surface area contributed by atoms with E-state index in [9.17, 15) is 4.39 Å². The summed E-state index contributed by atoms with van der Waals surface area (Å²) in [6.45, 7) is 2.60. The molecule has 0 fully saturated rings. The standard InChI is InChI=1S/C17H20FN3/c1-13(15-8-4-3-5-9-15)21-17(19-2)20-12-14-7-6-10-16(18)11-14/h3-11,13H,12H2,1-2H3,(H2,19,20,21). The molecule has 0 aromatic heterocycles. The summed E-state index contributed by atoms with van der Waals surface area (Å²) < 4.78 is 13.1. The molecule has 0 spiro atoms. The minimum atomic E-state index is -0.227. The Labute approximate surface area is 124 Å². The Bertz CT molecular complexity index is 596. The fraction of sp³-hybridized carbons (Fsp3) is 0.235. The van der Waals surface area contributed by atoms with Gasteiger partial charge in [0.15, 0.2) is 5.96 Å². The molecule has 0 aliphatic heterocycles. The molecule has 0 bridgehead atoms. The van der Waals surface area contributed by atoms with E-state index in [1.807, 2.05) is 24.3 Å². The van der Waals surface area contributed by atoms with Crippen molar-refractivity contribution in [3.8, 4) is 0 Å². The number of aliphatic imine (C=N–C) groups is 1. The molecule has 2 rings (SSSR count). The van der Waals surface area contributed by atoms with Crippen molar-refractivity contribution in [1.82, 2.24) is 10.6 Å². The van der Waals surface area contributed by atoms with E-state index in [0.29, 0.717) is 12.5 Å². The van der Waals surface area contributed by atoms with Crippen molar-refractivity contribution in [3.63, 3.8) is 0 Å². The van der Waals surface area contributed by atoms with E-state index in [4.69, 9.17) is 0 Å². The number of benzene rings is 2. The number of halogens is 1. The Hall–Kier alpha value is -2.36. The lowest BCUT2D eigenvalue weighted by molar-refractivity contribution is 0.624. The van der Waals surface area contributed by atoms with Crippen LogP contribution in [0.5, 0.6) is 0 Å². The Morgan fingerprint density at radius 1 is 1.14 bits per heavy atom. The molecule has 1 atom stereocenters. The van der Waals surface area contributed by atoms with E-state index >= 15 is 0 Å². The molecule has 0 saturated heterocycles. The highest BCUT2D eigenvalue weighted by Crippen LogP contribution is 2.10. The summed E-state index contributed by atoms with van der Waals surface area (Å²) in [5, 5.41) is 6.50. The number of nitrogens with zero attached hydrogens (tertiary/aromatic N) is 1. The molecule has 0 aliphatic carbocycles. The van der Waals surface area contributed by atoms with Crippen LogP contribution in [-0.4, -0.2) is 13.0 Å². The normalized spacial score (nSPS) is 12.8. The molecular formula is C17H20FN3. The van der Waals surface area contributed by atoms with Crippen molar-refractivity contribution in [1.29, 1.82) is 0 Å². The molecule has 0 amide bonds. The molecule has 1 unspecified atom stereocenters. The summed E-state index contributed by atoms with van der Waals surface area (Å²) in [5.74, 6) is 0.463. The molecule has 0 aliphatic rings. The maximum absolute atomic E-state index is 13.1. The topological polar surface area (TPSA) is 36.4 Å². The molecule has 0 radical (unpaired) electrons. The molecular weight excluding hydrogens is 265 g/mol. The lowest BCUT2D eigenvalue weighted by atomic mass is 10.1. The van der Waals surface area contributed by atoms with E-state index in [2.05, 4.69) is 34.7 Å². The van der Waals surface area contributed by atoms with Crippen molar-refractivity contribution in [2.45, 2.75) is 19.5 Å². The quantitative estimate of drug-likeness (QED) is 0.668. The first kappa shape index (κ1) is 15.0. The molecule has 110 valence electrons. The average Bonchev–Trinajstić information content (AvgIpc) is 2.52. The third-order valence-electron chi connectivity index (χ3n) is 3.23. The summed E-state index contributed by atoms with van der Waals surface area (Å²) in [7, 11) is 1.72. The van der Waals surface area contributed by atoms with Crippen LogP contribution in [0.2, 0.25) is 0 Å². The van der Waals surface area contributed by atoms with Gasteiger partial charge >= 0.3 is 0 Å². The van der Waals surface area contributed by atoms with Crippen LogP contribution in [0.4, 0.5) is 4.39 Å². The van der Waals surface area contributed by atoms with Crippen LogP contribution < -0.4 is 10.6 Å². The second-order valence-electron chi connectivity index (χ2n) is 4.83. The largest absolute Gasteiger partial charge is 0.352 e. The van der Waals surface area contributed by atoms with Gasteiger partial charge in [0, 0.05) is 13.6 Å². The average molecular weight is 285 g/mol. The highest BCUT2D eigenvalue weighted by molar-refractivity contribution is 5.80. The predicted octanol–water partition coefficient (Wildman–Crippen LogP) is 3.25. The minimum absolute atomic E-state index is 0.143. The smallest absolute Gasteiger partial charge is 0.191 e. The van der Waals surface area contributed by atoms with Crippen LogP contribution in [0, 0.1) is 5.82 Å². The van der Waals surface area contributed by atoms with Crippen molar-refractivity contribution >= 4 is 5.96 Å². The van der Waals surface area contributed by atoms with Gasteiger partial charge in [-0.3, -0.25) is 4.99 Å². The highest BCUT2D eigenvalue weighted by atomic mass is 19.1. The number of hydrogen-bond acceptors (Lipinski definition) is 1. The molecule has 2 N–H and O–H groups in total. The van der Waals surface area contributed by atoms with Gasteiger partial charge in [0.1, 0.15) is 5.82 Å². The molecule has 3 nitrogen and oxygen atoms in total. The van der Waals surface area contributed by atoms with Crippen molar-refractivity contribution < 1.29 is 4.39 Å². The first-order valence-corrected chi connectivity index (χ1v) is 6.95. The number of rotatable bonds is 4. The van der Waals surface area contributed by atoms with Gasteiger partial charge in [-0.1, -0.05) is 42.5 Å². The van der Waals surface area contributed by atoms with Crippen LogP contribution in [0.1, 0.15) is 24.1 Å². The molecule has 21 heavy (non-hydrogen) atoms. The van der Waals surface area contributed by atoms with E-state index in [1.165, 1.54) is 17.7 Å². The Kier molecular flexibility index (Phi) is 5.32. The Morgan fingerprint density at radius 3 is 2.57 bits per heavy atom. The minimum Gasteiger partial charge on any atom is -0.352 e. The van der Waals surface area contributed by atoms with Gasteiger partial charge in [-0.2, -0.15) is 0 Å². The molecule has 4 heteroatoms. The fourth-order valence-electron chi connectivity index (χ4n) is 2.06. The van der Waals surface area contributed by atoms with E-state index in [-0.39, 0.29) is 11.9 Å². The van der Waals surface area contributed by atoms with Crippen molar-refractivity contribution in [3.05, 3.63) is 71.5 Å². The molecule has 0 heterocycles. The van der Waals surface area contributed by atoms with Crippen molar-refractivity contribution in [2.24, 2.45) is 4.99 Å². The van der Waals surface area contributed by atoms with Gasteiger partial charge in [0.05, 0.1) is 6.04 Å². The summed E-state index contributed by atoms with van der Waals surface area (Å²) in [5.41, 5.74) is 2.07. The van der Waals surface area contributed by atoms with Gasteiger partial charge in [-0.05, 0) is 30.2 Å². The van der Waals surface area contributed by atoms with Crippen LogP contribution in [0.25, 0.3) is 0 Å². The Balaban J connectivity index is 1.92. The zero-order chi connectivity index (χ0) is 15.1. The lowest BCUT2D eigenvalue weighted by Gasteiger charge is -2.18. The zero-order valence-corrected chi connectivity index (χ0v) is 12.3. The molecule has 2 aromatic carbocycles. The first-order valence-electron chi connectivity index (χ1n) is 6.95. The van der Waals surface area contributed by atoms with E-state index < -0.39 is 0 Å². The summed E-state index contributed by atoms with van der Waals surface area (Å²) in [6.07, 6.45) is 0. The maximum atomic E-state index is 13.1. The second kappa shape index (κ2) is 7.43. The van der Waals surface area contributed by atoms with Gasteiger partial charge in [-0.15, -0.1) is 0 Å². The lowest BCUT2D eigenvalue weighted by Crippen LogP contribution is -2.38. The number of nitrogens with one attached hydrogen (secondary N) is 2. The van der Waals surface area contributed by atoms with E-state index in [1.54, 1.807) is 13.1 Å². The summed E-state index contributed by atoms with van der Waals surface area (Å²) in [6, 6.07) is 16.8. The van der Waals surface area contributed by atoms with Crippen LogP contribution in [-0.2, 0) is 6.54 Å². The zero-order valence-electron chi connectivity index (χ0n) is 12.3. The van der Waals surface area contributed by atoms with Crippen LogP contribution in [0.15, 0.2) is 59.6 Å². The predicted molar refractivity (Wildman–Crippen MR) is 84.6 cm³/mol. The molecule has 2 aromatic rings. The van der Waals surface area contributed by atoms with Gasteiger partial charge in [0.2, 0.25) is 0 Å². The summed E-state index contributed by atoms with van der Waals surface area (Å²) in [4.78, 5) is 4.19. The number of hydrogen-bond donors (Lipinski definition) is 2. The Morgan fingerprint density at radius 2 is 1.90 bits per heavy atom. The van der Waals surface area contributed by atoms with Gasteiger partial charge in [0.25, 0.3) is 0 Å². The first-order chi connectivity index (χ1) is 10.2. The number of guanidine groups is 1. The maximum Gasteiger partial charge on any atom is 0.191 e. The van der Waals surface area contributed by atoms with Crippen molar-refractivity contribution in [2.75, 3.05) is 7.05 Å². The van der Waals surface area contributed by atoms with E-state index in [0.717, 1.165) is 5.56 Å². The third-order valence-corrected chi connectivity index (χ3v) is 3.23. The fourth-order valence-corrected chi connectivity index (χ4v) is 2.06. The SMILES string of the molecule is CN=C(NCc1cccc(F)c1)NC(C)c1ccccc1. The summed E-state index contributed by atoms with van der Waals surface area (Å²) >= 11 is 0. The molecule has 0 saturated carbocycles. The third kappa shape index (κ3) is 4.60. The monoisotopic (exact) mass is 285 g/mol. The van der Waals surface area contributed by atoms with Gasteiger partial charge < -0.3 is 10.6 Å². The highest BCUT2D eigenvalue weighted by Gasteiger charge is 2.07. The van der Waals surface area contributed by atoms with Crippen LogP contribution in [0.3, 0.4) is 0 Å². The second-order valence-corrected chi connectivity index (χ2v) is 4.83. The van der Waals surface area contributed by atoms with Gasteiger partial charge in [-0.25, -0.2) is 4.39 Å². The van der Waals surface area contributed by atoms with Crippen LogP contribution >= 0.6 is 0 Å².